The van der Waals surface area contributed by atoms with Gasteiger partial charge in [-0.05, 0) is 122 Å². The third kappa shape index (κ3) is 6.97. The molecule has 1 nitrogen and oxygen atoms in total. The molecular formula is C34H32F10O. The Morgan fingerprint density at radius 1 is 0.711 bits per heavy atom. The minimum Gasteiger partial charge on any atom is -0.403 e. The van der Waals surface area contributed by atoms with E-state index in [0.717, 1.165) is 12.5 Å². The Kier molecular flexibility index (Phi) is 9.75. The highest BCUT2D eigenvalue weighted by Gasteiger charge is 2.37. The van der Waals surface area contributed by atoms with Crippen molar-refractivity contribution in [2.24, 2.45) is 5.92 Å². The van der Waals surface area contributed by atoms with Gasteiger partial charge in [-0.15, -0.1) is 13.2 Å². The zero-order valence-electron chi connectivity index (χ0n) is 24.5. The summed E-state index contributed by atoms with van der Waals surface area (Å²) in [5.74, 6) is -10.7. The zero-order valence-corrected chi connectivity index (χ0v) is 24.5. The van der Waals surface area contributed by atoms with Crippen molar-refractivity contribution in [2.75, 3.05) is 0 Å². The Morgan fingerprint density at radius 3 is 1.98 bits per heavy atom. The molecule has 2 aliphatic carbocycles. The topological polar surface area (TPSA) is 9.23 Å². The molecule has 0 N–H and O–H groups in total. The molecule has 5 rings (SSSR count). The molecule has 1 atom stereocenters. The van der Waals surface area contributed by atoms with Gasteiger partial charge in [0.2, 0.25) is 5.82 Å². The van der Waals surface area contributed by atoms with E-state index in [9.17, 15) is 30.7 Å². The highest BCUT2D eigenvalue weighted by molar-refractivity contribution is 5.41. The molecule has 1 fully saturated rings. The normalized spacial score (nSPS) is 20.3. The summed E-state index contributed by atoms with van der Waals surface area (Å²) in [5.41, 5.74) is -0.0400. The summed E-state index contributed by atoms with van der Waals surface area (Å²) >= 11 is 0. The molecule has 244 valence electrons. The molecule has 0 saturated heterocycles. The number of hydrogen-bond acceptors (Lipinski definition) is 1. The van der Waals surface area contributed by atoms with Crippen LogP contribution in [-0.4, -0.2) is 6.36 Å². The lowest BCUT2D eigenvalue weighted by Gasteiger charge is -2.32. The van der Waals surface area contributed by atoms with Crippen molar-refractivity contribution in [1.29, 1.82) is 0 Å². The largest absolute Gasteiger partial charge is 0.573 e. The maximum Gasteiger partial charge on any atom is 0.573 e. The third-order valence-electron chi connectivity index (χ3n) is 9.27. The van der Waals surface area contributed by atoms with Crippen molar-refractivity contribution in [3.63, 3.8) is 0 Å². The van der Waals surface area contributed by atoms with Gasteiger partial charge in [0.25, 0.3) is 0 Å². The summed E-state index contributed by atoms with van der Waals surface area (Å²) in [6.07, 6.45) is -2.42. The summed E-state index contributed by atoms with van der Waals surface area (Å²) < 4.78 is 146. The molecule has 3 aromatic rings. The van der Waals surface area contributed by atoms with Gasteiger partial charge in [0, 0.05) is 11.1 Å². The SMILES string of the molecule is CCCc1cc(F)c(CCC2CCc3c(F)c(C4CCC(c5ccc(OC(F)(F)F)c(F)c5F)CC4)c(F)c(F)c3C2)c(F)c1. The van der Waals surface area contributed by atoms with Gasteiger partial charge in [-0.1, -0.05) is 19.4 Å². The monoisotopic (exact) mass is 646 g/mol. The maximum absolute atomic E-state index is 15.8. The molecule has 0 heterocycles. The molecule has 0 aromatic heterocycles. The van der Waals surface area contributed by atoms with E-state index >= 15 is 13.2 Å². The van der Waals surface area contributed by atoms with Crippen LogP contribution < -0.4 is 4.74 Å². The van der Waals surface area contributed by atoms with E-state index < -0.39 is 64.7 Å². The van der Waals surface area contributed by atoms with Gasteiger partial charge in [-0.25, -0.2) is 26.3 Å². The van der Waals surface area contributed by atoms with Gasteiger partial charge in [0.05, 0.1) is 0 Å². The van der Waals surface area contributed by atoms with Gasteiger partial charge in [0.15, 0.2) is 23.2 Å². The van der Waals surface area contributed by atoms with E-state index in [4.69, 9.17) is 0 Å². The quantitative estimate of drug-likeness (QED) is 0.175. The first-order chi connectivity index (χ1) is 21.3. The van der Waals surface area contributed by atoms with E-state index in [1.54, 1.807) is 0 Å². The van der Waals surface area contributed by atoms with Crippen molar-refractivity contribution in [2.45, 2.75) is 95.8 Å². The van der Waals surface area contributed by atoms with Gasteiger partial charge in [-0.2, -0.15) is 4.39 Å². The second-order valence-electron chi connectivity index (χ2n) is 12.1. The lowest BCUT2D eigenvalue weighted by Crippen LogP contribution is -2.23. The van der Waals surface area contributed by atoms with Crippen LogP contribution >= 0.6 is 0 Å². The van der Waals surface area contributed by atoms with E-state index in [0.29, 0.717) is 30.9 Å². The van der Waals surface area contributed by atoms with E-state index in [1.807, 2.05) is 6.92 Å². The summed E-state index contributed by atoms with van der Waals surface area (Å²) in [6.45, 7) is 1.90. The number of benzene rings is 3. The minimum absolute atomic E-state index is 0.0259. The Balaban J connectivity index is 1.27. The maximum atomic E-state index is 15.8. The average Bonchev–Trinajstić information content (AvgIpc) is 2.98. The molecule has 1 unspecified atom stereocenters. The van der Waals surface area contributed by atoms with E-state index in [1.165, 1.54) is 12.1 Å². The van der Waals surface area contributed by atoms with Crippen LogP contribution in [-0.2, 0) is 25.7 Å². The molecule has 0 bridgehead atoms. The molecule has 0 spiro atoms. The summed E-state index contributed by atoms with van der Waals surface area (Å²) in [7, 11) is 0. The van der Waals surface area contributed by atoms with Gasteiger partial charge in [-0.3, -0.25) is 0 Å². The molecule has 45 heavy (non-hydrogen) atoms. The van der Waals surface area contributed by atoms with Crippen LogP contribution in [0.3, 0.4) is 0 Å². The van der Waals surface area contributed by atoms with Crippen LogP contribution in [0, 0.1) is 46.6 Å². The highest BCUT2D eigenvalue weighted by atomic mass is 19.4. The van der Waals surface area contributed by atoms with Crippen molar-refractivity contribution in [1.82, 2.24) is 0 Å². The highest BCUT2D eigenvalue weighted by Crippen LogP contribution is 2.46. The van der Waals surface area contributed by atoms with Gasteiger partial charge in [0.1, 0.15) is 17.5 Å². The van der Waals surface area contributed by atoms with Crippen LogP contribution in [0.2, 0.25) is 0 Å². The fraction of sp³-hybridized carbons (Fsp3) is 0.471. The minimum atomic E-state index is -5.20. The van der Waals surface area contributed by atoms with Crippen LogP contribution in [0.1, 0.15) is 97.1 Å². The molecule has 3 aromatic carbocycles. The summed E-state index contributed by atoms with van der Waals surface area (Å²) in [5, 5.41) is 0. The fourth-order valence-corrected chi connectivity index (χ4v) is 7.03. The van der Waals surface area contributed by atoms with Crippen molar-refractivity contribution in [3.8, 4) is 5.75 Å². The average molecular weight is 647 g/mol. The molecule has 1 saturated carbocycles. The first-order valence-corrected chi connectivity index (χ1v) is 15.2. The molecule has 0 radical (unpaired) electrons. The van der Waals surface area contributed by atoms with Crippen LogP contribution in [0.5, 0.6) is 5.75 Å². The van der Waals surface area contributed by atoms with Crippen molar-refractivity contribution < 1.29 is 48.6 Å². The number of rotatable bonds is 8. The van der Waals surface area contributed by atoms with Crippen LogP contribution in [0.25, 0.3) is 0 Å². The molecule has 11 heteroatoms. The number of fused-ring (bicyclic) bond motifs is 1. The molecule has 0 aliphatic heterocycles. The lowest BCUT2D eigenvalue weighted by molar-refractivity contribution is -0.275. The summed E-state index contributed by atoms with van der Waals surface area (Å²) in [4.78, 5) is 0. The van der Waals surface area contributed by atoms with Crippen LogP contribution in [0.15, 0.2) is 24.3 Å². The van der Waals surface area contributed by atoms with Gasteiger partial charge < -0.3 is 4.74 Å². The lowest BCUT2D eigenvalue weighted by atomic mass is 9.73. The Morgan fingerprint density at radius 2 is 1.36 bits per heavy atom. The Labute approximate surface area is 254 Å². The Hall–Kier alpha value is -3.24. The van der Waals surface area contributed by atoms with Crippen molar-refractivity contribution in [3.05, 3.63) is 98.4 Å². The number of alkyl halides is 3. The second-order valence-corrected chi connectivity index (χ2v) is 12.1. The standard InChI is InChI=1S/C34H32F10O/c1-2-3-18-15-25(35)23(26(36)16-18)11-5-17-4-10-22-24(14-17)31(39)33(41)28(29(22)37)20-8-6-19(7-9-20)21-12-13-27(32(40)30(21)38)45-34(42,43)44/h12-13,15-17,19-20H,2-11,14H2,1H3. The molecule has 0 amide bonds. The smallest absolute Gasteiger partial charge is 0.403 e. The number of ether oxygens (including phenoxy) is 1. The fourth-order valence-electron chi connectivity index (χ4n) is 7.03. The van der Waals surface area contributed by atoms with Crippen molar-refractivity contribution >= 4 is 0 Å². The summed E-state index contributed by atoms with van der Waals surface area (Å²) in [6, 6.07) is 4.32. The first-order valence-electron chi connectivity index (χ1n) is 15.2. The Bertz CT molecular complexity index is 1530. The number of hydrogen-bond donors (Lipinski definition) is 0. The molecule has 2 aliphatic rings. The second kappa shape index (κ2) is 13.2. The van der Waals surface area contributed by atoms with Crippen LogP contribution in [0.4, 0.5) is 43.9 Å². The number of halogens is 10. The molecular weight excluding hydrogens is 614 g/mol. The number of aryl methyl sites for hydroxylation is 1. The van der Waals surface area contributed by atoms with E-state index in [-0.39, 0.29) is 78.7 Å². The van der Waals surface area contributed by atoms with E-state index in [2.05, 4.69) is 4.74 Å². The first kappa shape index (κ1) is 33.1. The predicted molar refractivity (Wildman–Crippen MR) is 147 cm³/mol. The third-order valence-corrected chi connectivity index (χ3v) is 9.27. The zero-order chi connectivity index (χ0) is 32.6. The predicted octanol–water partition coefficient (Wildman–Crippen LogP) is 10.7. The van der Waals surface area contributed by atoms with Gasteiger partial charge >= 0.3 is 6.36 Å².